The highest BCUT2D eigenvalue weighted by atomic mass is 32.2. The summed E-state index contributed by atoms with van der Waals surface area (Å²) >= 11 is 0. The van der Waals surface area contributed by atoms with Gasteiger partial charge in [-0.2, -0.15) is 0 Å². The summed E-state index contributed by atoms with van der Waals surface area (Å²) in [6, 6.07) is 6.20. The van der Waals surface area contributed by atoms with Gasteiger partial charge in [-0.05, 0) is 50.5 Å². The summed E-state index contributed by atoms with van der Waals surface area (Å²) in [5.41, 5.74) is 0.322. The van der Waals surface area contributed by atoms with Gasteiger partial charge < -0.3 is 14.4 Å². The SMILES string of the molecule is CCN(C(=O)[C@@H](C)OC(=O)c1ccc(OCC(C)C)cc1)[C@H]1CCS(=O)(=O)C1. The van der Waals surface area contributed by atoms with Gasteiger partial charge in [0.1, 0.15) is 5.75 Å². The summed E-state index contributed by atoms with van der Waals surface area (Å²) in [7, 11) is -3.10. The van der Waals surface area contributed by atoms with Crippen LogP contribution in [0.3, 0.4) is 0 Å². The lowest BCUT2D eigenvalue weighted by Crippen LogP contribution is -2.46. The summed E-state index contributed by atoms with van der Waals surface area (Å²) in [6.45, 7) is 8.33. The molecule has 8 heteroatoms. The molecule has 1 fully saturated rings. The third kappa shape index (κ3) is 5.95. The molecule has 2 rings (SSSR count). The first-order chi connectivity index (χ1) is 13.1. The van der Waals surface area contributed by atoms with E-state index in [2.05, 4.69) is 0 Å². The van der Waals surface area contributed by atoms with Crippen LogP contribution >= 0.6 is 0 Å². The smallest absolute Gasteiger partial charge is 0.338 e. The molecule has 7 nitrogen and oxygen atoms in total. The zero-order valence-corrected chi connectivity index (χ0v) is 17.7. The summed E-state index contributed by atoms with van der Waals surface area (Å²) < 4.78 is 34.3. The molecule has 1 aliphatic heterocycles. The van der Waals surface area contributed by atoms with E-state index in [-0.39, 0.29) is 23.5 Å². The Bertz CT molecular complexity index is 787. The molecule has 1 heterocycles. The maximum atomic E-state index is 12.7. The molecule has 156 valence electrons. The van der Waals surface area contributed by atoms with Gasteiger partial charge in [0.15, 0.2) is 15.9 Å². The van der Waals surface area contributed by atoms with Crippen LogP contribution < -0.4 is 4.74 Å². The van der Waals surface area contributed by atoms with Crippen LogP contribution in [0.4, 0.5) is 0 Å². The number of nitrogens with zero attached hydrogens (tertiary/aromatic N) is 1. The number of rotatable bonds is 8. The topological polar surface area (TPSA) is 90.0 Å². The molecule has 0 saturated carbocycles. The minimum Gasteiger partial charge on any atom is -0.493 e. The average molecular weight is 412 g/mol. The van der Waals surface area contributed by atoms with Gasteiger partial charge in [-0.3, -0.25) is 4.79 Å². The molecule has 0 bridgehead atoms. The first kappa shape index (κ1) is 22.2. The Kier molecular flexibility index (Phi) is 7.46. The Morgan fingerprint density at radius 3 is 2.32 bits per heavy atom. The van der Waals surface area contributed by atoms with Crippen LogP contribution in [0, 0.1) is 5.92 Å². The number of hydrogen-bond donors (Lipinski definition) is 0. The van der Waals surface area contributed by atoms with E-state index in [4.69, 9.17) is 9.47 Å². The van der Waals surface area contributed by atoms with Crippen molar-refractivity contribution in [3.05, 3.63) is 29.8 Å². The van der Waals surface area contributed by atoms with E-state index in [9.17, 15) is 18.0 Å². The quantitative estimate of drug-likeness (QED) is 0.610. The van der Waals surface area contributed by atoms with Crippen LogP contribution in [0.2, 0.25) is 0 Å². The van der Waals surface area contributed by atoms with E-state index < -0.39 is 21.9 Å². The predicted octanol–water partition coefficient (Wildman–Crippen LogP) is 2.30. The van der Waals surface area contributed by atoms with Crippen molar-refractivity contribution < 1.29 is 27.5 Å². The Balaban J connectivity index is 1.96. The number of amides is 1. The minimum atomic E-state index is -3.10. The molecule has 0 aliphatic carbocycles. The van der Waals surface area contributed by atoms with Crippen molar-refractivity contribution in [2.24, 2.45) is 5.92 Å². The largest absolute Gasteiger partial charge is 0.493 e. The second kappa shape index (κ2) is 9.41. The van der Waals surface area contributed by atoms with Crippen molar-refractivity contribution >= 4 is 21.7 Å². The lowest BCUT2D eigenvalue weighted by atomic mass is 10.2. The molecular weight excluding hydrogens is 382 g/mol. The number of benzene rings is 1. The molecule has 0 N–H and O–H groups in total. The van der Waals surface area contributed by atoms with Crippen LogP contribution in [0.15, 0.2) is 24.3 Å². The van der Waals surface area contributed by atoms with Gasteiger partial charge in [-0.25, -0.2) is 13.2 Å². The lowest BCUT2D eigenvalue weighted by Gasteiger charge is -2.29. The highest BCUT2D eigenvalue weighted by Crippen LogP contribution is 2.20. The zero-order valence-electron chi connectivity index (χ0n) is 16.9. The monoisotopic (exact) mass is 411 g/mol. The molecule has 0 unspecified atom stereocenters. The molecule has 0 aromatic heterocycles. The van der Waals surface area contributed by atoms with Crippen molar-refractivity contribution in [1.82, 2.24) is 4.90 Å². The number of carbonyl (C=O) groups is 2. The minimum absolute atomic E-state index is 0.0366. The molecule has 1 amide bonds. The van der Waals surface area contributed by atoms with Crippen LogP contribution in [0.25, 0.3) is 0 Å². The normalized spacial score (nSPS) is 19.2. The van der Waals surface area contributed by atoms with Gasteiger partial charge in [0.05, 0.1) is 23.7 Å². The molecule has 0 spiro atoms. The molecule has 2 atom stereocenters. The van der Waals surface area contributed by atoms with Crippen LogP contribution in [-0.4, -0.2) is 62.0 Å². The molecule has 1 aromatic rings. The van der Waals surface area contributed by atoms with Gasteiger partial charge in [-0.1, -0.05) is 13.8 Å². The van der Waals surface area contributed by atoms with E-state index in [1.165, 1.54) is 11.8 Å². The van der Waals surface area contributed by atoms with Crippen LogP contribution in [0.5, 0.6) is 5.75 Å². The molecule has 28 heavy (non-hydrogen) atoms. The van der Waals surface area contributed by atoms with Crippen molar-refractivity contribution in [3.8, 4) is 5.75 Å². The number of sulfone groups is 1. The fourth-order valence-electron chi connectivity index (χ4n) is 3.08. The highest BCUT2D eigenvalue weighted by Gasteiger charge is 2.36. The van der Waals surface area contributed by atoms with E-state index in [1.54, 1.807) is 31.2 Å². The van der Waals surface area contributed by atoms with Crippen molar-refractivity contribution in [1.29, 1.82) is 0 Å². The first-order valence-electron chi connectivity index (χ1n) is 9.57. The first-order valence-corrected chi connectivity index (χ1v) is 11.4. The fourth-order valence-corrected chi connectivity index (χ4v) is 4.81. The third-order valence-corrected chi connectivity index (χ3v) is 6.33. The predicted molar refractivity (Wildman–Crippen MR) is 106 cm³/mol. The van der Waals surface area contributed by atoms with Crippen LogP contribution in [-0.2, 0) is 19.4 Å². The number of esters is 1. The Hall–Kier alpha value is -2.09. The lowest BCUT2D eigenvalue weighted by molar-refractivity contribution is -0.141. The summed E-state index contributed by atoms with van der Waals surface area (Å²) in [6.07, 6.45) is -0.576. The van der Waals surface area contributed by atoms with Gasteiger partial charge in [0.25, 0.3) is 5.91 Å². The fraction of sp³-hybridized carbons (Fsp3) is 0.600. The maximum Gasteiger partial charge on any atom is 0.338 e. The Labute approximate surface area is 166 Å². The number of ether oxygens (including phenoxy) is 2. The molecule has 1 aliphatic rings. The second-order valence-electron chi connectivity index (χ2n) is 7.46. The van der Waals surface area contributed by atoms with Gasteiger partial charge in [0.2, 0.25) is 0 Å². The Morgan fingerprint density at radius 2 is 1.82 bits per heavy atom. The summed E-state index contributed by atoms with van der Waals surface area (Å²) in [4.78, 5) is 26.5. The van der Waals surface area contributed by atoms with Crippen LogP contribution in [0.1, 0.15) is 44.5 Å². The third-order valence-electron chi connectivity index (χ3n) is 4.58. The second-order valence-corrected chi connectivity index (χ2v) is 9.69. The molecule has 1 aromatic carbocycles. The maximum absolute atomic E-state index is 12.7. The van der Waals surface area contributed by atoms with Crippen molar-refractivity contribution in [3.63, 3.8) is 0 Å². The van der Waals surface area contributed by atoms with Gasteiger partial charge >= 0.3 is 5.97 Å². The van der Waals surface area contributed by atoms with E-state index >= 15 is 0 Å². The van der Waals surface area contributed by atoms with E-state index in [0.717, 1.165) is 0 Å². The molecule has 1 saturated heterocycles. The van der Waals surface area contributed by atoms with E-state index in [1.807, 2.05) is 13.8 Å². The van der Waals surface area contributed by atoms with Gasteiger partial charge in [0, 0.05) is 12.6 Å². The van der Waals surface area contributed by atoms with E-state index in [0.29, 0.717) is 36.8 Å². The standard InChI is InChI=1S/C20H29NO6S/c1-5-21(17-10-11-28(24,25)13-17)19(22)15(4)27-20(23)16-6-8-18(9-7-16)26-12-14(2)3/h6-9,14-15,17H,5,10-13H2,1-4H3/t15-,17+/m1/s1. The average Bonchev–Trinajstić information content (AvgIpc) is 3.00. The number of hydrogen-bond acceptors (Lipinski definition) is 6. The van der Waals surface area contributed by atoms with Crippen molar-refractivity contribution in [2.75, 3.05) is 24.7 Å². The van der Waals surface area contributed by atoms with Crippen molar-refractivity contribution in [2.45, 2.75) is 46.3 Å². The molecule has 0 radical (unpaired) electrons. The number of likely N-dealkylation sites (N-methyl/N-ethyl adjacent to an activating group) is 1. The zero-order chi connectivity index (χ0) is 20.9. The summed E-state index contributed by atoms with van der Waals surface area (Å²) in [5, 5.41) is 0. The summed E-state index contributed by atoms with van der Waals surface area (Å²) in [5.74, 6) is 0.120. The Morgan fingerprint density at radius 1 is 1.18 bits per heavy atom. The highest BCUT2D eigenvalue weighted by molar-refractivity contribution is 7.91. The molecular formula is C20H29NO6S. The number of carbonyl (C=O) groups excluding carboxylic acids is 2. The van der Waals surface area contributed by atoms with Gasteiger partial charge in [-0.15, -0.1) is 0 Å².